The normalized spacial score (nSPS) is 11.2. The van der Waals surface area contributed by atoms with Gasteiger partial charge in [0.15, 0.2) is 0 Å². The molecule has 0 saturated heterocycles. The van der Waals surface area contributed by atoms with Gasteiger partial charge in [-0.1, -0.05) is 15.9 Å². The van der Waals surface area contributed by atoms with Crippen LogP contribution in [0, 0.1) is 12.3 Å². The zero-order valence-electron chi connectivity index (χ0n) is 6.32. The van der Waals surface area contributed by atoms with Crippen molar-refractivity contribution in [3.63, 3.8) is 0 Å². The highest BCUT2D eigenvalue weighted by atomic mass is 79.9. The predicted molar refractivity (Wildman–Crippen MR) is 43.9 cm³/mol. The minimum absolute atomic E-state index is 0.258. The van der Waals surface area contributed by atoms with Crippen molar-refractivity contribution in [2.45, 2.75) is 13.8 Å². The largest absolute Gasteiger partial charge is 0.466 e. The van der Waals surface area contributed by atoms with Crippen molar-refractivity contribution in [3.8, 4) is 0 Å². The van der Waals surface area contributed by atoms with Gasteiger partial charge in [-0.25, -0.2) is 0 Å². The van der Waals surface area contributed by atoms with E-state index in [2.05, 4.69) is 22.9 Å². The molecule has 0 aliphatic carbocycles. The van der Waals surface area contributed by atoms with Crippen LogP contribution < -0.4 is 0 Å². The number of ether oxygens (including phenoxy) is 1. The summed E-state index contributed by atoms with van der Waals surface area (Å²) in [6.07, 6.45) is 0. The van der Waals surface area contributed by atoms with E-state index >= 15 is 0 Å². The molecule has 59 valence electrons. The highest BCUT2D eigenvalue weighted by Crippen LogP contribution is 2.18. The van der Waals surface area contributed by atoms with Crippen molar-refractivity contribution in [1.82, 2.24) is 0 Å². The van der Waals surface area contributed by atoms with Gasteiger partial charge in [0, 0.05) is 5.33 Å². The molecule has 0 spiro atoms. The lowest BCUT2D eigenvalue weighted by molar-refractivity contribution is -0.150. The second kappa shape index (κ2) is 3.96. The van der Waals surface area contributed by atoms with Crippen LogP contribution in [0.25, 0.3) is 0 Å². The van der Waals surface area contributed by atoms with Crippen LogP contribution in [-0.4, -0.2) is 17.9 Å². The first-order valence-electron chi connectivity index (χ1n) is 3.13. The number of hydrogen-bond donors (Lipinski definition) is 0. The Hall–Kier alpha value is -0.0500. The van der Waals surface area contributed by atoms with Gasteiger partial charge in [-0.15, -0.1) is 0 Å². The molecule has 0 bridgehead atoms. The van der Waals surface area contributed by atoms with E-state index in [1.807, 2.05) is 0 Å². The molecule has 0 aromatic rings. The van der Waals surface area contributed by atoms with Crippen molar-refractivity contribution in [3.05, 3.63) is 6.92 Å². The van der Waals surface area contributed by atoms with E-state index in [0.717, 1.165) is 0 Å². The van der Waals surface area contributed by atoms with Gasteiger partial charge in [0.1, 0.15) is 0 Å². The van der Waals surface area contributed by atoms with Crippen LogP contribution in [0.15, 0.2) is 0 Å². The zero-order valence-corrected chi connectivity index (χ0v) is 7.90. The number of alkyl halides is 1. The molecule has 0 aliphatic rings. The number of carbonyl (C=O) groups excluding carboxylic acids is 1. The average molecular weight is 208 g/mol. The smallest absolute Gasteiger partial charge is 0.312 e. The van der Waals surface area contributed by atoms with E-state index in [0.29, 0.717) is 11.9 Å². The Morgan fingerprint density at radius 2 is 2.30 bits per heavy atom. The van der Waals surface area contributed by atoms with Gasteiger partial charge < -0.3 is 4.74 Å². The predicted octanol–water partition coefficient (Wildman–Crippen LogP) is 1.78. The third-order valence-electron chi connectivity index (χ3n) is 1.06. The topological polar surface area (TPSA) is 26.3 Å². The van der Waals surface area contributed by atoms with Crippen LogP contribution in [0.3, 0.4) is 0 Å². The van der Waals surface area contributed by atoms with Crippen molar-refractivity contribution in [1.29, 1.82) is 0 Å². The maximum Gasteiger partial charge on any atom is 0.312 e. The molecule has 0 amide bonds. The molecular formula is C7H12BrO2. The second-order valence-corrected chi connectivity index (χ2v) is 2.98. The van der Waals surface area contributed by atoms with Crippen molar-refractivity contribution < 1.29 is 9.53 Å². The van der Waals surface area contributed by atoms with Crippen LogP contribution in [-0.2, 0) is 9.53 Å². The molecule has 0 fully saturated rings. The van der Waals surface area contributed by atoms with Crippen LogP contribution in [0.1, 0.15) is 13.8 Å². The second-order valence-electron chi connectivity index (χ2n) is 2.41. The Balaban J connectivity index is 3.91. The number of carbonyl (C=O) groups is 1. The first kappa shape index (κ1) is 9.95. The third-order valence-corrected chi connectivity index (χ3v) is 2.30. The quantitative estimate of drug-likeness (QED) is 0.522. The van der Waals surface area contributed by atoms with E-state index in [-0.39, 0.29) is 5.97 Å². The lowest BCUT2D eigenvalue weighted by Gasteiger charge is -2.18. The van der Waals surface area contributed by atoms with Crippen molar-refractivity contribution in [2.75, 3.05) is 11.9 Å². The summed E-state index contributed by atoms with van der Waals surface area (Å²) in [7, 11) is 0. The van der Waals surface area contributed by atoms with E-state index in [1.165, 1.54) is 0 Å². The maximum atomic E-state index is 11.0. The maximum absolute atomic E-state index is 11.0. The Labute approximate surface area is 70.1 Å². The van der Waals surface area contributed by atoms with Crippen LogP contribution >= 0.6 is 15.9 Å². The fourth-order valence-corrected chi connectivity index (χ4v) is 0.589. The van der Waals surface area contributed by atoms with Gasteiger partial charge in [-0.2, -0.15) is 0 Å². The first-order valence-corrected chi connectivity index (χ1v) is 4.25. The summed E-state index contributed by atoms with van der Waals surface area (Å²) in [5, 5.41) is 0.527. The molecular weight excluding hydrogens is 196 g/mol. The summed E-state index contributed by atoms with van der Waals surface area (Å²) < 4.78 is 4.77. The van der Waals surface area contributed by atoms with E-state index in [4.69, 9.17) is 4.74 Å². The fraction of sp³-hybridized carbons (Fsp3) is 0.714. The Morgan fingerprint density at radius 1 is 1.80 bits per heavy atom. The van der Waals surface area contributed by atoms with Gasteiger partial charge in [-0.05, 0) is 20.8 Å². The molecule has 0 rings (SSSR count). The van der Waals surface area contributed by atoms with E-state index in [9.17, 15) is 4.79 Å². The highest BCUT2D eigenvalue weighted by molar-refractivity contribution is 9.09. The number of esters is 1. The molecule has 0 saturated carbocycles. The minimum atomic E-state index is -0.643. The van der Waals surface area contributed by atoms with Gasteiger partial charge in [0.25, 0.3) is 0 Å². The molecule has 0 aromatic carbocycles. The molecule has 0 heterocycles. The van der Waals surface area contributed by atoms with Crippen molar-refractivity contribution >= 4 is 21.9 Å². The van der Waals surface area contributed by atoms with Gasteiger partial charge >= 0.3 is 5.97 Å². The van der Waals surface area contributed by atoms with Gasteiger partial charge in [0.2, 0.25) is 0 Å². The van der Waals surface area contributed by atoms with Crippen molar-refractivity contribution in [2.24, 2.45) is 5.41 Å². The lowest BCUT2D eigenvalue weighted by Crippen LogP contribution is -2.28. The number of rotatable bonds is 3. The van der Waals surface area contributed by atoms with E-state index in [1.54, 1.807) is 13.8 Å². The molecule has 3 heteroatoms. The fourth-order valence-electron chi connectivity index (χ4n) is 0.360. The van der Waals surface area contributed by atoms with E-state index < -0.39 is 5.41 Å². The Kier molecular flexibility index (Phi) is 3.94. The molecule has 1 radical (unpaired) electrons. The average Bonchev–Trinajstić information content (AvgIpc) is 1.89. The molecule has 2 nitrogen and oxygen atoms in total. The molecule has 0 aromatic heterocycles. The monoisotopic (exact) mass is 207 g/mol. The summed E-state index contributed by atoms with van der Waals surface area (Å²) in [6.45, 7) is 7.62. The zero-order chi connectivity index (χ0) is 8.20. The number of hydrogen-bond acceptors (Lipinski definition) is 2. The lowest BCUT2D eigenvalue weighted by atomic mass is 9.97. The number of halogens is 1. The third kappa shape index (κ3) is 2.69. The summed E-state index contributed by atoms with van der Waals surface area (Å²) in [6, 6.07) is 0. The van der Waals surface area contributed by atoms with Crippen LogP contribution in [0.2, 0.25) is 0 Å². The highest BCUT2D eigenvalue weighted by Gasteiger charge is 2.27. The summed E-state index contributed by atoms with van der Waals surface area (Å²) in [4.78, 5) is 11.0. The molecule has 10 heavy (non-hydrogen) atoms. The van der Waals surface area contributed by atoms with Crippen LogP contribution in [0.5, 0.6) is 0 Å². The molecule has 1 unspecified atom stereocenters. The summed E-state index contributed by atoms with van der Waals surface area (Å²) in [5.41, 5.74) is -0.643. The van der Waals surface area contributed by atoms with Gasteiger partial charge in [0.05, 0.1) is 12.0 Å². The SMILES string of the molecule is [CH2]C(C)(CBr)C(=O)OCC. The molecule has 0 N–H and O–H groups in total. The summed E-state index contributed by atoms with van der Waals surface area (Å²) in [5.74, 6) is -0.258. The molecule has 0 aliphatic heterocycles. The Morgan fingerprint density at radius 3 is 2.60 bits per heavy atom. The minimum Gasteiger partial charge on any atom is -0.466 e. The van der Waals surface area contributed by atoms with Gasteiger partial charge in [-0.3, -0.25) is 4.79 Å². The molecule has 1 atom stereocenters. The summed E-state index contributed by atoms with van der Waals surface area (Å²) >= 11 is 3.18. The first-order chi connectivity index (χ1) is 4.54. The Bertz CT molecular complexity index is 121. The standard InChI is InChI=1S/C7H12BrO2/c1-4-10-6(9)7(2,3)5-8/h2,4-5H2,1,3H3. The van der Waals surface area contributed by atoms with Crippen LogP contribution in [0.4, 0.5) is 0 Å².